The van der Waals surface area contributed by atoms with E-state index in [9.17, 15) is 8.78 Å². The highest BCUT2D eigenvalue weighted by atomic mass is 19.1. The van der Waals surface area contributed by atoms with Crippen LogP contribution in [0.5, 0.6) is 11.5 Å². The van der Waals surface area contributed by atoms with Gasteiger partial charge in [-0.05, 0) is 59.2 Å². The van der Waals surface area contributed by atoms with Gasteiger partial charge in [0.2, 0.25) is 11.9 Å². The number of pyridine rings is 2. The van der Waals surface area contributed by atoms with E-state index in [0.717, 1.165) is 0 Å². The molecule has 1 atom stereocenters. The second-order valence-corrected chi connectivity index (χ2v) is 8.27. The first-order chi connectivity index (χ1) is 16.9. The average Bonchev–Trinajstić information content (AvgIpc) is 2.85. The molecule has 35 heavy (non-hydrogen) atoms. The van der Waals surface area contributed by atoms with Gasteiger partial charge in [0, 0.05) is 41.6 Å². The number of hydrogen-bond donors (Lipinski definition) is 1. The maximum Gasteiger partial charge on any atom is 0.283 e. The van der Waals surface area contributed by atoms with Crippen LogP contribution in [0.2, 0.25) is 0 Å². The third-order valence-corrected chi connectivity index (χ3v) is 6.27. The predicted octanol–water partition coefficient (Wildman–Crippen LogP) is 5.31. The summed E-state index contributed by atoms with van der Waals surface area (Å²) in [4.78, 5) is 11.9. The standard InChI is InChI=1S/C26H17F3N4O2/c27-20-12-16(14-5-8-31-22(28)13-14)11-19-23(20)35-21-4-3-15(17-2-1-7-32-24(17)29)10-18(21)26(19)6-9-34-25(30)33-26/h1-5,7-8,10-13H,6,9H2,(H2,30,33)/t26-/m1/s1. The summed E-state index contributed by atoms with van der Waals surface area (Å²) in [5, 5.41) is 0. The van der Waals surface area contributed by atoms with E-state index >= 15 is 4.39 Å². The SMILES string of the molecule is NC1=N[C@]2(CCO1)c1cc(-c3cccnc3F)ccc1Oc1c(F)cc(-c3ccnc(F)c3)cc12. The maximum absolute atomic E-state index is 15.4. The van der Waals surface area contributed by atoms with Gasteiger partial charge in [0.25, 0.3) is 6.02 Å². The molecule has 2 aliphatic rings. The van der Waals surface area contributed by atoms with E-state index in [0.29, 0.717) is 45.6 Å². The van der Waals surface area contributed by atoms with Crippen LogP contribution in [0.3, 0.4) is 0 Å². The number of rotatable bonds is 2. The molecule has 6 nitrogen and oxygen atoms in total. The topological polar surface area (TPSA) is 82.6 Å². The number of aromatic nitrogens is 2. The summed E-state index contributed by atoms with van der Waals surface area (Å²) in [5.41, 5.74) is 7.53. The van der Waals surface area contributed by atoms with Crippen LogP contribution in [0.4, 0.5) is 13.2 Å². The van der Waals surface area contributed by atoms with Gasteiger partial charge in [0.15, 0.2) is 11.6 Å². The number of nitrogens with two attached hydrogens (primary N) is 1. The zero-order valence-corrected chi connectivity index (χ0v) is 18.1. The molecule has 2 aromatic heterocycles. The molecule has 0 bridgehead atoms. The lowest BCUT2D eigenvalue weighted by atomic mass is 9.76. The van der Waals surface area contributed by atoms with Crippen molar-refractivity contribution in [1.29, 1.82) is 0 Å². The Morgan fingerprint density at radius 2 is 1.71 bits per heavy atom. The molecule has 2 aromatic carbocycles. The minimum atomic E-state index is -1.16. The maximum atomic E-state index is 15.4. The number of nitrogens with zero attached hydrogens (tertiary/aromatic N) is 3. The summed E-state index contributed by atoms with van der Waals surface area (Å²) in [5.74, 6) is -1.59. The fourth-order valence-electron chi connectivity index (χ4n) is 4.69. The second-order valence-electron chi connectivity index (χ2n) is 8.27. The molecule has 2 N–H and O–H groups in total. The van der Waals surface area contributed by atoms with Gasteiger partial charge in [-0.2, -0.15) is 8.78 Å². The van der Waals surface area contributed by atoms with E-state index in [4.69, 9.17) is 15.2 Å². The summed E-state index contributed by atoms with van der Waals surface area (Å²) in [6.45, 7) is 0.218. The quantitative estimate of drug-likeness (QED) is 0.398. The van der Waals surface area contributed by atoms with Crippen LogP contribution < -0.4 is 10.5 Å². The van der Waals surface area contributed by atoms with Crippen molar-refractivity contribution in [3.05, 3.63) is 95.8 Å². The minimum absolute atomic E-state index is 0.00506. The third-order valence-electron chi connectivity index (χ3n) is 6.27. The molecule has 9 heteroatoms. The van der Waals surface area contributed by atoms with Crippen LogP contribution in [-0.2, 0) is 10.3 Å². The first-order valence-electron chi connectivity index (χ1n) is 10.8. The first kappa shape index (κ1) is 21.2. The van der Waals surface area contributed by atoms with Crippen LogP contribution in [0.1, 0.15) is 17.5 Å². The Morgan fingerprint density at radius 3 is 2.51 bits per heavy atom. The monoisotopic (exact) mass is 474 g/mol. The van der Waals surface area contributed by atoms with Crippen molar-refractivity contribution in [2.45, 2.75) is 12.0 Å². The van der Waals surface area contributed by atoms with Crippen LogP contribution >= 0.6 is 0 Å². The summed E-state index contributed by atoms with van der Waals surface area (Å²) in [7, 11) is 0. The number of halogens is 3. The molecule has 0 radical (unpaired) electrons. The molecule has 4 aromatic rings. The number of aliphatic imine (C=N–C) groups is 1. The Morgan fingerprint density at radius 1 is 0.857 bits per heavy atom. The molecule has 1 spiro atoms. The lowest BCUT2D eigenvalue weighted by Gasteiger charge is -2.39. The Balaban J connectivity index is 1.61. The molecule has 0 amide bonds. The van der Waals surface area contributed by atoms with E-state index < -0.39 is 23.3 Å². The van der Waals surface area contributed by atoms with Crippen LogP contribution in [0.15, 0.2) is 72.0 Å². The Bertz CT molecular complexity index is 1520. The molecule has 0 fully saturated rings. The smallest absolute Gasteiger partial charge is 0.283 e. The summed E-state index contributed by atoms with van der Waals surface area (Å²) < 4.78 is 55.1. The molecule has 0 aliphatic carbocycles. The number of amidine groups is 1. The van der Waals surface area contributed by atoms with Crippen LogP contribution in [0, 0.1) is 17.7 Å². The number of fused-ring (bicyclic) bond motifs is 4. The largest absolute Gasteiger partial charge is 0.465 e. The first-order valence-corrected chi connectivity index (χ1v) is 10.8. The molecular weight excluding hydrogens is 457 g/mol. The highest BCUT2D eigenvalue weighted by molar-refractivity contribution is 5.77. The normalized spacial score (nSPS) is 18.2. The number of hydrogen-bond acceptors (Lipinski definition) is 6. The average molecular weight is 474 g/mol. The van der Waals surface area contributed by atoms with Gasteiger partial charge < -0.3 is 15.2 Å². The van der Waals surface area contributed by atoms with Gasteiger partial charge >= 0.3 is 0 Å². The molecule has 174 valence electrons. The number of ether oxygens (including phenoxy) is 2. The van der Waals surface area contributed by atoms with E-state index in [-0.39, 0.29) is 18.4 Å². The van der Waals surface area contributed by atoms with E-state index in [2.05, 4.69) is 15.0 Å². The van der Waals surface area contributed by atoms with Crippen molar-refractivity contribution in [3.8, 4) is 33.8 Å². The third kappa shape index (κ3) is 3.39. The highest BCUT2D eigenvalue weighted by Gasteiger charge is 2.46. The van der Waals surface area contributed by atoms with Crippen molar-refractivity contribution in [3.63, 3.8) is 0 Å². The van der Waals surface area contributed by atoms with Gasteiger partial charge in [0.05, 0.1) is 6.61 Å². The van der Waals surface area contributed by atoms with Crippen molar-refractivity contribution >= 4 is 6.02 Å². The number of benzene rings is 2. The van der Waals surface area contributed by atoms with Gasteiger partial charge in [-0.25, -0.2) is 19.4 Å². The molecular formula is C26H17F3N4O2. The van der Waals surface area contributed by atoms with Crippen LogP contribution in [0.25, 0.3) is 22.3 Å². The lowest BCUT2D eigenvalue weighted by molar-refractivity contribution is 0.218. The zero-order valence-electron chi connectivity index (χ0n) is 18.1. The minimum Gasteiger partial charge on any atom is -0.465 e. The van der Waals surface area contributed by atoms with Crippen molar-refractivity contribution < 1.29 is 22.6 Å². The lowest BCUT2D eigenvalue weighted by Crippen LogP contribution is -2.38. The molecule has 0 saturated heterocycles. The molecule has 0 saturated carbocycles. The summed E-state index contributed by atoms with van der Waals surface area (Å²) in [6.07, 6.45) is 3.00. The van der Waals surface area contributed by atoms with E-state index in [1.54, 1.807) is 42.5 Å². The van der Waals surface area contributed by atoms with Gasteiger partial charge in [-0.1, -0.05) is 6.07 Å². The Labute approximate surface area is 197 Å². The Hall–Kier alpha value is -4.40. The fraction of sp³-hybridized carbons (Fsp3) is 0.115. The predicted molar refractivity (Wildman–Crippen MR) is 122 cm³/mol. The summed E-state index contributed by atoms with van der Waals surface area (Å²) >= 11 is 0. The second kappa shape index (κ2) is 7.83. The van der Waals surface area contributed by atoms with Gasteiger partial charge in [-0.15, -0.1) is 0 Å². The molecule has 0 unspecified atom stereocenters. The fourth-order valence-corrected chi connectivity index (χ4v) is 4.69. The van der Waals surface area contributed by atoms with E-state index in [1.807, 2.05) is 0 Å². The molecule has 6 rings (SSSR count). The summed E-state index contributed by atoms with van der Waals surface area (Å²) in [6, 6.07) is 14.0. The van der Waals surface area contributed by atoms with Gasteiger partial charge in [-0.3, -0.25) is 0 Å². The van der Waals surface area contributed by atoms with E-state index in [1.165, 1.54) is 24.5 Å². The zero-order chi connectivity index (χ0) is 24.2. The van der Waals surface area contributed by atoms with Crippen LogP contribution in [-0.4, -0.2) is 22.6 Å². The molecule has 4 heterocycles. The van der Waals surface area contributed by atoms with Crippen molar-refractivity contribution in [2.24, 2.45) is 10.7 Å². The van der Waals surface area contributed by atoms with Crippen molar-refractivity contribution in [2.75, 3.05) is 6.61 Å². The molecule has 2 aliphatic heterocycles. The Kier molecular flexibility index (Phi) is 4.73. The van der Waals surface area contributed by atoms with Gasteiger partial charge in [0.1, 0.15) is 11.3 Å². The highest BCUT2D eigenvalue weighted by Crippen LogP contribution is 2.54. The van der Waals surface area contributed by atoms with Crippen molar-refractivity contribution in [1.82, 2.24) is 9.97 Å².